The van der Waals surface area contributed by atoms with Crippen molar-refractivity contribution < 1.29 is 14.4 Å². The third-order valence-electron chi connectivity index (χ3n) is 2.69. The van der Waals surface area contributed by atoms with Crippen LogP contribution in [0, 0.1) is 5.41 Å². The van der Waals surface area contributed by atoms with Gasteiger partial charge in [-0.05, 0) is 12.3 Å². The largest absolute Gasteiger partial charge is 0.331 e. The fourth-order valence-electron chi connectivity index (χ4n) is 1.34. The van der Waals surface area contributed by atoms with E-state index in [4.69, 9.17) is 0 Å². The van der Waals surface area contributed by atoms with Crippen LogP contribution in [0.5, 0.6) is 0 Å². The third kappa shape index (κ3) is 2.34. The Morgan fingerprint density at radius 1 is 1.27 bits per heavy atom. The monoisotopic (exact) mass is 212 g/mol. The van der Waals surface area contributed by atoms with Crippen LogP contribution in [-0.4, -0.2) is 28.8 Å². The number of amides is 4. The van der Waals surface area contributed by atoms with E-state index < -0.39 is 17.8 Å². The Bertz CT molecular complexity index is 297. The summed E-state index contributed by atoms with van der Waals surface area (Å²) in [6, 6.07) is -0.850. The van der Waals surface area contributed by atoms with E-state index in [0.717, 1.165) is 4.90 Å². The second-order valence-electron chi connectivity index (χ2n) is 4.84. The highest BCUT2D eigenvalue weighted by atomic mass is 16.2. The molecule has 1 heterocycles. The lowest BCUT2D eigenvalue weighted by molar-refractivity contribution is -0.138. The Labute approximate surface area is 88.8 Å². The van der Waals surface area contributed by atoms with Crippen molar-refractivity contribution in [3.8, 4) is 0 Å². The fourth-order valence-corrected chi connectivity index (χ4v) is 1.34. The molecule has 0 radical (unpaired) electrons. The molecule has 1 aliphatic heterocycles. The van der Waals surface area contributed by atoms with Gasteiger partial charge in [-0.3, -0.25) is 19.8 Å². The number of urea groups is 1. The molecule has 15 heavy (non-hydrogen) atoms. The molecule has 1 N–H and O–H groups in total. The topological polar surface area (TPSA) is 66.5 Å². The van der Waals surface area contributed by atoms with Crippen molar-refractivity contribution in [2.24, 2.45) is 5.41 Å². The van der Waals surface area contributed by atoms with E-state index in [9.17, 15) is 14.4 Å². The first-order chi connectivity index (χ1) is 6.73. The number of barbiturate groups is 1. The highest BCUT2D eigenvalue weighted by Gasteiger charge is 2.38. The highest BCUT2D eigenvalue weighted by Crippen LogP contribution is 2.25. The van der Waals surface area contributed by atoms with Crippen LogP contribution in [0.1, 0.15) is 34.1 Å². The SMILES string of the molecule is CC(N1C(=O)CC(=O)NC1=O)C(C)(C)C. The molecule has 1 atom stereocenters. The van der Waals surface area contributed by atoms with E-state index in [-0.39, 0.29) is 17.9 Å². The Balaban J connectivity index is 2.90. The molecule has 5 nitrogen and oxygen atoms in total. The molecule has 0 spiro atoms. The number of nitrogens with zero attached hydrogens (tertiary/aromatic N) is 1. The summed E-state index contributed by atoms with van der Waals surface area (Å²) in [5, 5.41) is 2.14. The lowest BCUT2D eigenvalue weighted by Gasteiger charge is -2.37. The molecule has 1 aliphatic rings. The Kier molecular flexibility index (Phi) is 2.83. The maximum Gasteiger partial charge on any atom is 0.331 e. The quantitative estimate of drug-likeness (QED) is 0.656. The van der Waals surface area contributed by atoms with Gasteiger partial charge in [-0.2, -0.15) is 0 Å². The molecule has 84 valence electrons. The lowest BCUT2D eigenvalue weighted by Crippen LogP contribution is -2.58. The summed E-state index contributed by atoms with van der Waals surface area (Å²) < 4.78 is 0. The van der Waals surface area contributed by atoms with Gasteiger partial charge in [0.05, 0.1) is 0 Å². The smallest absolute Gasteiger partial charge is 0.277 e. The zero-order valence-electron chi connectivity index (χ0n) is 9.46. The highest BCUT2D eigenvalue weighted by molar-refractivity contribution is 6.14. The number of rotatable bonds is 1. The molecule has 1 unspecified atom stereocenters. The molecule has 0 aromatic carbocycles. The van der Waals surface area contributed by atoms with Gasteiger partial charge in [-0.25, -0.2) is 4.79 Å². The number of nitrogens with one attached hydrogen (secondary N) is 1. The van der Waals surface area contributed by atoms with E-state index in [1.165, 1.54) is 0 Å². The number of carbonyl (C=O) groups excluding carboxylic acids is 3. The van der Waals surface area contributed by atoms with E-state index in [2.05, 4.69) is 5.32 Å². The molecule has 1 fully saturated rings. The molecular weight excluding hydrogens is 196 g/mol. The van der Waals surface area contributed by atoms with Gasteiger partial charge in [0.1, 0.15) is 6.42 Å². The maximum absolute atomic E-state index is 11.5. The summed E-state index contributed by atoms with van der Waals surface area (Å²) in [6.45, 7) is 7.62. The fraction of sp³-hybridized carbons (Fsp3) is 0.700. The van der Waals surface area contributed by atoms with Gasteiger partial charge in [0.2, 0.25) is 11.8 Å². The minimum Gasteiger partial charge on any atom is -0.277 e. The van der Waals surface area contributed by atoms with Gasteiger partial charge in [0.25, 0.3) is 0 Å². The third-order valence-corrected chi connectivity index (χ3v) is 2.69. The van der Waals surface area contributed by atoms with Crippen LogP contribution in [0.2, 0.25) is 0 Å². The minimum absolute atomic E-state index is 0.201. The van der Waals surface area contributed by atoms with Crippen LogP contribution in [0.15, 0.2) is 0 Å². The van der Waals surface area contributed by atoms with E-state index in [0.29, 0.717) is 0 Å². The Morgan fingerprint density at radius 2 is 1.80 bits per heavy atom. The van der Waals surface area contributed by atoms with Crippen molar-refractivity contribution in [3.05, 3.63) is 0 Å². The summed E-state index contributed by atoms with van der Waals surface area (Å²) in [5.41, 5.74) is -0.201. The average molecular weight is 212 g/mol. The summed E-state index contributed by atoms with van der Waals surface area (Å²) in [5.74, 6) is -0.950. The molecule has 5 heteroatoms. The lowest BCUT2D eigenvalue weighted by atomic mass is 9.86. The Hall–Kier alpha value is -1.39. The van der Waals surface area contributed by atoms with Crippen LogP contribution >= 0.6 is 0 Å². The average Bonchev–Trinajstić information content (AvgIpc) is 1.99. The standard InChI is InChI=1S/C10H16N2O3/c1-6(10(2,3)4)12-8(14)5-7(13)11-9(12)15/h6H,5H2,1-4H3,(H,11,13,15). The van der Waals surface area contributed by atoms with Crippen molar-refractivity contribution in [2.45, 2.75) is 40.2 Å². The van der Waals surface area contributed by atoms with Crippen molar-refractivity contribution in [1.82, 2.24) is 10.2 Å². The number of imide groups is 2. The zero-order chi connectivity index (χ0) is 11.8. The van der Waals surface area contributed by atoms with Crippen molar-refractivity contribution in [1.29, 1.82) is 0 Å². The first-order valence-electron chi connectivity index (χ1n) is 4.89. The van der Waals surface area contributed by atoms with Gasteiger partial charge >= 0.3 is 6.03 Å². The van der Waals surface area contributed by atoms with E-state index in [1.54, 1.807) is 6.92 Å². The van der Waals surface area contributed by atoms with E-state index >= 15 is 0 Å². The summed E-state index contributed by atoms with van der Waals surface area (Å²) in [7, 11) is 0. The maximum atomic E-state index is 11.5. The van der Waals surface area contributed by atoms with Gasteiger partial charge in [-0.15, -0.1) is 0 Å². The number of carbonyl (C=O) groups is 3. The molecule has 0 aromatic rings. The van der Waals surface area contributed by atoms with Crippen molar-refractivity contribution in [2.75, 3.05) is 0 Å². The Morgan fingerprint density at radius 3 is 2.20 bits per heavy atom. The summed E-state index contributed by atoms with van der Waals surface area (Å²) >= 11 is 0. The summed E-state index contributed by atoms with van der Waals surface area (Å²) in [6.07, 6.45) is -0.244. The van der Waals surface area contributed by atoms with Crippen LogP contribution < -0.4 is 5.32 Å². The van der Waals surface area contributed by atoms with Gasteiger partial charge < -0.3 is 0 Å². The van der Waals surface area contributed by atoms with Crippen LogP contribution in [0.25, 0.3) is 0 Å². The zero-order valence-corrected chi connectivity index (χ0v) is 9.46. The summed E-state index contributed by atoms with van der Waals surface area (Å²) in [4.78, 5) is 35.1. The number of hydrogen-bond donors (Lipinski definition) is 1. The molecule has 4 amide bonds. The minimum atomic E-state index is -0.612. The molecule has 0 aliphatic carbocycles. The van der Waals surface area contributed by atoms with E-state index in [1.807, 2.05) is 20.8 Å². The second-order valence-corrected chi connectivity index (χ2v) is 4.84. The molecule has 1 saturated heterocycles. The first-order valence-corrected chi connectivity index (χ1v) is 4.89. The molecule has 0 aromatic heterocycles. The second kappa shape index (κ2) is 3.64. The van der Waals surface area contributed by atoms with Crippen LogP contribution in [0.3, 0.4) is 0 Å². The van der Waals surface area contributed by atoms with Gasteiger partial charge in [0.15, 0.2) is 0 Å². The van der Waals surface area contributed by atoms with Crippen molar-refractivity contribution >= 4 is 17.8 Å². The predicted molar refractivity (Wildman–Crippen MR) is 53.9 cm³/mol. The van der Waals surface area contributed by atoms with Crippen LogP contribution in [0.4, 0.5) is 4.79 Å². The number of hydrogen-bond acceptors (Lipinski definition) is 3. The molecule has 0 bridgehead atoms. The molecule has 1 rings (SSSR count). The van der Waals surface area contributed by atoms with Crippen molar-refractivity contribution in [3.63, 3.8) is 0 Å². The van der Waals surface area contributed by atoms with Gasteiger partial charge in [-0.1, -0.05) is 20.8 Å². The van der Waals surface area contributed by atoms with Gasteiger partial charge in [0, 0.05) is 6.04 Å². The predicted octanol–water partition coefficient (Wildman–Crippen LogP) is 0.889. The first kappa shape index (κ1) is 11.7. The molecular formula is C10H16N2O3. The molecule has 0 saturated carbocycles. The van der Waals surface area contributed by atoms with Crippen LogP contribution in [-0.2, 0) is 9.59 Å². The normalized spacial score (nSPS) is 20.3.